The van der Waals surface area contributed by atoms with E-state index in [1.54, 1.807) is 18.2 Å². The minimum absolute atomic E-state index is 0.334. The van der Waals surface area contributed by atoms with Gasteiger partial charge < -0.3 is 5.73 Å². The Morgan fingerprint density at radius 3 is 2.42 bits per heavy atom. The van der Waals surface area contributed by atoms with Crippen LogP contribution in [0.4, 0.5) is 0 Å². The molecule has 3 nitrogen and oxygen atoms in total. The fourth-order valence-corrected chi connectivity index (χ4v) is 2.72. The highest BCUT2D eigenvalue weighted by Crippen LogP contribution is 2.24. The Bertz CT molecular complexity index is 706. The molecule has 2 aromatic rings. The van der Waals surface area contributed by atoms with E-state index in [1.165, 1.54) is 6.26 Å². The molecule has 0 fully saturated rings. The fraction of sp³-hybridized carbons (Fsp3) is 0.200. The molecule has 2 rings (SSSR count). The normalized spacial score (nSPS) is 11.5. The number of sulfone groups is 1. The lowest BCUT2D eigenvalue weighted by molar-refractivity contribution is 0.602. The molecule has 2 aromatic carbocycles. The number of aryl methyl sites for hydroxylation is 1. The largest absolute Gasteiger partial charge is 0.326 e. The van der Waals surface area contributed by atoms with Gasteiger partial charge >= 0.3 is 0 Å². The number of hydrogen-bond acceptors (Lipinski definition) is 3. The van der Waals surface area contributed by atoms with Crippen molar-refractivity contribution in [3.05, 3.63) is 53.6 Å². The van der Waals surface area contributed by atoms with Crippen molar-refractivity contribution in [3.8, 4) is 11.1 Å². The highest BCUT2D eigenvalue weighted by Gasteiger charge is 2.08. The first-order valence-electron chi connectivity index (χ1n) is 6.01. The van der Waals surface area contributed by atoms with Crippen LogP contribution in [0.1, 0.15) is 11.1 Å². The van der Waals surface area contributed by atoms with Crippen LogP contribution < -0.4 is 5.73 Å². The van der Waals surface area contributed by atoms with Gasteiger partial charge in [0.1, 0.15) is 0 Å². The molecule has 0 saturated heterocycles. The Balaban J connectivity index is 2.56. The van der Waals surface area contributed by atoms with E-state index < -0.39 is 9.84 Å². The van der Waals surface area contributed by atoms with Crippen LogP contribution >= 0.6 is 0 Å². The maximum absolute atomic E-state index is 11.6. The molecule has 0 aliphatic heterocycles. The van der Waals surface area contributed by atoms with Crippen LogP contribution in [0.25, 0.3) is 11.1 Å². The van der Waals surface area contributed by atoms with E-state index in [9.17, 15) is 8.42 Å². The van der Waals surface area contributed by atoms with E-state index in [4.69, 9.17) is 5.73 Å². The summed E-state index contributed by atoms with van der Waals surface area (Å²) < 4.78 is 23.2. The summed E-state index contributed by atoms with van der Waals surface area (Å²) in [5, 5.41) is 0. The molecule has 2 N–H and O–H groups in total. The lowest BCUT2D eigenvalue weighted by Gasteiger charge is -2.08. The lowest BCUT2D eigenvalue weighted by atomic mass is 10.0. The SMILES string of the molecule is Cc1cc(CN)cc(-c2cccc(S(C)(=O)=O)c2)c1. The second-order valence-corrected chi connectivity index (χ2v) is 6.73. The van der Waals surface area contributed by atoms with Gasteiger partial charge in [-0.3, -0.25) is 0 Å². The summed E-state index contributed by atoms with van der Waals surface area (Å²) in [5.74, 6) is 0. The van der Waals surface area contributed by atoms with E-state index in [0.29, 0.717) is 11.4 Å². The third kappa shape index (κ3) is 3.22. The molecule has 0 amide bonds. The van der Waals surface area contributed by atoms with Gasteiger partial charge in [-0.05, 0) is 41.8 Å². The van der Waals surface area contributed by atoms with Crippen LogP contribution in [0.3, 0.4) is 0 Å². The van der Waals surface area contributed by atoms with Crippen LogP contribution in [-0.2, 0) is 16.4 Å². The van der Waals surface area contributed by atoms with Crippen LogP contribution in [-0.4, -0.2) is 14.7 Å². The first kappa shape index (κ1) is 13.8. The molecule has 100 valence electrons. The third-order valence-corrected chi connectivity index (χ3v) is 4.08. The molecule has 0 spiro atoms. The Kier molecular flexibility index (Phi) is 3.73. The molecule has 4 heteroatoms. The van der Waals surface area contributed by atoms with Crippen molar-refractivity contribution in [3.63, 3.8) is 0 Å². The Morgan fingerprint density at radius 1 is 1.05 bits per heavy atom. The molecular weight excluding hydrogens is 258 g/mol. The maximum Gasteiger partial charge on any atom is 0.175 e. The van der Waals surface area contributed by atoms with Gasteiger partial charge in [-0.25, -0.2) is 8.42 Å². The van der Waals surface area contributed by atoms with Crippen molar-refractivity contribution in [2.75, 3.05) is 6.26 Å². The second-order valence-electron chi connectivity index (χ2n) is 4.71. The van der Waals surface area contributed by atoms with E-state index in [1.807, 2.05) is 31.2 Å². The Morgan fingerprint density at radius 2 is 1.79 bits per heavy atom. The molecule has 0 aromatic heterocycles. The van der Waals surface area contributed by atoms with Crippen molar-refractivity contribution in [2.45, 2.75) is 18.4 Å². The molecule has 0 aliphatic rings. The van der Waals surface area contributed by atoms with E-state index in [2.05, 4.69) is 0 Å². The van der Waals surface area contributed by atoms with Crippen molar-refractivity contribution in [1.29, 1.82) is 0 Å². The second kappa shape index (κ2) is 5.15. The van der Waals surface area contributed by atoms with Crippen molar-refractivity contribution < 1.29 is 8.42 Å². The molecule has 0 saturated carbocycles. The summed E-state index contributed by atoms with van der Waals surface area (Å²) in [5.41, 5.74) is 9.71. The minimum Gasteiger partial charge on any atom is -0.326 e. The smallest absolute Gasteiger partial charge is 0.175 e. The summed E-state index contributed by atoms with van der Waals surface area (Å²) in [7, 11) is -3.18. The summed E-state index contributed by atoms with van der Waals surface area (Å²) in [6, 6.07) is 13.0. The highest BCUT2D eigenvalue weighted by atomic mass is 32.2. The van der Waals surface area contributed by atoms with Gasteiger partial charge in [-0.1, -0.05) is 29.8 Å². The van der Waals surface area contributed by atoms with Gasteiger partial charge in [0.15, 0.2) is 9.84 Å². The monoisotopic (exact) mass is 275 g/mol. The number of nitrogens with two attached hydrogens (primary N) is 1. The summed E-state index contributed by atoms with van der Waals surface area (Å²) >= 11 is 0. The average molecular weight is 275 g/mol. The standard InChI is InChI=1S/C15H17NO2S/c1-11-6-12(10-16)8-14(7-11)13-4-3-5-15(9-13)19(2,17)18/h3-9H,10,16H2,1-2H3. The number of rotatable bonds is 3. The summed E-state index contributed by atoms with van der Waals surface area (Å²) in [6.07, 6.45) is 1.22. The predicted octanol–water partition coefficient (Wildman–Crippen LogP) is 2.52. The molecular formula is C15H17NO2S. The average Bonchev–Trinajstić information content (AvgIpc) is 2.37. The van der Waals surface area contributed by atoms with Crippen molar-refractivity contribution in [1.82, 2.24) is 0 Å². The van der Waals surface area contributed by atoms with Crippen LogP contribution in [0.15, 0.2) is 47.4 Å². The lowest BCUT2D eigenvalue weighted by Crippen LogP contribution is -1.98. The molecule has 0 atom stereocenters. The molecule has 0 radical (unpaired) electrons. The van der Waals surface area contributed by atoms with Gasteiger partial charge in [0.25, 0.3) is 0 Å². The minimum atomic E-state index is -3.18. The third-order valence-electron chi connectivity index (χ3n) is 2.97. The quantitative estimate of drug-likeness (QED) is 0.936. The first-order chi connectivity index (χ1) is 8.90. The van der Waals surface area contributed by atoms with E-state index in [-0.39, 0.29) is 0 Å². The van der Waals surface area contributed by atoms with Gasteiger partial charge in [-0.15, -0.1) is 0 Å². The first-order valence-corrected chi connectivity index (χ1v) is 7.90. The van der Waals surface area contributed by atoms with Crippen LogP contribution in [0.2, 0.25) is 0 Å². The fourth-order valence-electron chi connectivity index (χ4n) is 2.05. The van der Waals surface area contributed by atoms with Gasteiger partial charge in [0, 0.05) is 12.8 Å². The van der Waals surface area contributed by atoms with Crippen LogP contribution in [0, 0.1) is 6.92 Å². The molecule has 0 unspecified atom stereocenters. The van der Waals surface area contributed by atoms with Crippen molar-refractivity contribution >= 4 is 9.84 Å². The van der Waals surface area contributed by atoms with Gasteiger partial charge in [-0.2, -0.15) is 0 Å². The number of hydrogen-bond donors (Lipinski definition) is 1. The van der Waals surface area contributed by atoms with Gasteiger partial charge in [0.05, 0.1) is 4.90 Å². The van der Waals surface area contributed by atoms with E-state index in [0.717, 1.165) is 22.3 Å². The molecule has 19 heavy (non-hydrogen) atoms. The highest BCUT2D eigenvalue weighted by molar-refractivity contribution is 7.90. The zero-order valence-corrected chi connectivity index (χ0v) is 11.9. The Labute approximate surface area is 114 Å². The van der Waals surface area contributed by atoms with E-state index >= 15 is 0 Å². The molecule has 0 heterocycles. The topological polar surface area (TPSA) is 60.2 Å². The van der Waals surface area contributed by atoms with Crippen LogP contribution in [0.5, 0.6) is 0 Å². The Hall–Kier alpha value is -1.65. The summed E-state index contributed by atoms with van der Waals surface area (Å²) in [6.45, 7) is 2.48. The molecule has 0 bridgehead atoms. The van der Waals surface area contributed by atoms with Gasteiger partial charge in [0.2, 0.25) is 0 Å². The molecule has 0 aliphatic carbocycles. The van der Waals surface area contributed by atoms with Crippen molar-refractivity contribution in [2.24, 2.45) is 5.73 Å². The zero-order chi connectivity index (χ0) is 14.0. The maximum atomic E-state index is 11.6. The number of benzene rings is 2. The zero-order valence-electron chi connectivity index (χ0n) is 11.1. The predicted molar refractivity (Wildman–Crippen MR) is 77.6 cm³/mol. The summed E-state index contributed by atoms with van der Waals surface area (Å²) in [4.78, 5) is 0.334.